The fraction of sp³-hybridized carbons (Fsp3) is 1.00. The van der Waals surface area contributed by atoms with Gasteiger partial charge in [0.15, 0.2) is 0 Å². The summed E-state index contributed by atoms with van der Waals surface area (Å²) in [5.74, 6) is 3.95. The Kier molecular flexibility index (Phi) is 5.69. The Morgan fingerprint density at radius 2 is 1.40 bits per heavy atom. The van der Waals surface area contributed by atoms with Crippen LogP contribution in [0.25, 0.3) is 0 Å². The van der Waals surface area contributed by atoms with Gasteiger partial charge in [0.25, 0.3) is 0 Å². The van der Waals surface area contributed by atoms with E-state index in [-0.39, 0.29) is 0 Å². The highest BCUT2D eigenvalue weighted by Gasteiger charge is 2.56. The first-order valence-corrected chi connectivity index (χ1v) is 11.7. The van der Waals surface area contributed by atoms with Crippen LogP contribution in [0.2, 0.25) is 0 Å². The molecular weight excluding hydrogens is 300 g/mol. The van der Waals surface area contributed by atoms with Gasteiger partial charge in [0.2, 0.25) is 0 Å². The van der Waals surface area contributed by atoms with E-state index >= 15 is 0 Å². The van der Waals surface area contributed by atoms with E-state index in [0.717, 1.165) is 23.7 Å². The van der Waals surface area contributed by atoms with Crippen LogP contribution in [0.5, 0.6) is 0 Å². The minimum Gasteiger partial charge on any atom is -0.0625 e. The largest absolute Gasteiger partial charge is 0.0625 e. The highest BCUT2D eigenvalue weighted by molar-refractivity contribution is 5.05. The highest BCUT2D eigenvalue weighted by Crippen LogP contribution is 2.65. The second-order valence-corrected chi connectivity index (χ2v) is 12.0. The monoisotopic (exact) mass is 346 g/mol. The van der Waals surface area contributed by atoms with E-state index in [9.17, 15) is 0 Å². The van der Waals surface area contributed by atoms with Crippen LogP contribution in [-0.4, -0.2) is 0 Å². The van der Waals surface area contributed by atoms with Crippen molar-refractivity contribution >= 4 is 0 Å². The SMILES string of the molecule is CC1CCC(CCC[C@H]2C(C)(C)CC[C@H]3C(C)(C)CCC[C@@]32C)CC1. The molecule has 0 N–H and O–H groups in total. The summed E-state index contributed by atoms with van der Waals surface area (Å²) in [5, 5.41) is 0. The first kappa shape index (κ1) is 19.8. The molecule has 0 aromatic heterocycles. The zero-order valence-corrected chi connectivity index (χ0v) is 18.3. The third kappa shape index (κ3) is 3.98. The summed E-state index contributed by atoms with van der Waals surface area (Å²) in [4.78, 5) is 0. The molecular formula is C25H46. The van der Waals surface area contributed by atoms with Gasteiger partial charge in [0.05, 0.1) is 0 Å². The van der Waals surface area contributed by atoms with Crippen LogP contribution >= 0.6 is 0 Å². The molecule has 0 nitrogen and oxygen atoms in total. The van der Waals surface area contributed by atoms with E-state index < -0.39 is 0 Å². The summed E-state index contributed by atoms with van der Waals surface area (Å²) in [6.07, 6.45) is 17.9. The predicted octanol–water partition coefficient (Wildman–Crippen LogP) is 8.25. The van der Waals surface area contributed by atoms with Crippen LogP contribution in [0.15, 0.2) is 0 Å². The van der Waals surface area contributed by atoms with Gasteiger partial charge in [0, 0.05) is 0 Å². The van der Waals surface area contributed by atoms with Crippen molar-refractivity contribution < 1.29 is 0 Å². The van der Waals surface area contributed by atoms with E-state index in [2.05, 4.69) is 41.5 Å². The average molecular weight is 347 g/mol. The molecule has 0 amide bonds. The van der Waals surface area contributed by atoms with Crippen molar-refractivity contribution in [3.05, 3.63) is 0 Å². The molecule has 3 saturated carbocycles. The van der Waals surface area contributed by atoms with Crippen LogP contribution in [0.1, 0.15) is 119 Å². The van der Waals surface area contributed by atoms with Crippen molar-refractivity contribution in [1.29, 1.82) is 0 Å². The smallest absolute Gasteiger partial charge is 0.0259 e. The van der Waals surface area contributed by atoms with Gasteiger partial charge in [-0.2, -0.15) is 0 Å². The van der Waals surface area contributed by atoms with Crippen LogP contribution < -0.4 is 0 Å². The molecule has 0 aliphatic heterocycles. The van der Waals surface area contributed by atoms with Crippen molar-refractivity contribution in [2.45, 2.75) is 119 Å². The number of hydrogen-bond acceptors (Lipinski definition) is 0. The maximum Gasteiger partial charge on any atom is -0.0259 e. The highest BCUT2D eigenvalue weighted by atomic mass is 14.6. The number of hydrogen-bond donors (Lipinski definition) is 0. The van der Waals surface area contributed by atoms with Gasteiger partial charge in [-0.05, 0) is 72.0 Å². The Morgan fingerprint density at radius 3 is 2.08 bits per heavy atom. The van der Waals surface area contributed by atoms with Gasteiger partial charge in [-0.25, -0.2) is 0 Å². The van der Waals surface area contributed by atoms with E-state index in [1.807, 2.05) is 0 Å². The summed E-state index contributed by atoms with van der Waals surface area (Å²) < 4.78 is 0. The topological polar surface area (TPSA) is 0 Å². The molecule has 0 heteroatoms. The summed E-state index contributed by atoms with van der Waals surface area (Å²) in [6.45, 7) is 15.5. The van der Waals surface area contributed by atoms with E-state index in [1.54, 1.807) is 0 Å². The summed E-state index contributed by atoms with van der Waals surface area (Å²) in [6, 6.07) is 0. The fourth-order valence-corrected chi connectivity index (χ4v) is 7.84. The zero-order chi connectivity index (χ0) is 18.3. The molecule has 3 atom stereocenters. The van der Waals surface area contributed by atoms with Gasteiger partial charge in [-0.15, -0.1) is 0 Å². The molecule has 0 radical (unpaired) electrons. The molecule has 3 fully saturated rings. The Hall–Kier alpha value is 0. The normalized spacial score (nSPS) is 43.4. The Balaban J connectivity index is 1.64. The Bertz CT molecular complexity index is 437. The molecule has 0 bridgehead atoms. The standard InChI is InChI=1S/C25H46/c1-19-11-13-20(14-12-19)9-7-10-21-24(4,5)18-15-22-23(2,3)16-8-17-25(21,22)6/h19-22H,7-18H2,1-6H3/t19?,20?,21-,22-,25+/m0/s1. The Labute approximate surface area is 158 Å². The summed E-state index contributed by atoms with van der Waals surface area (Å²) in [5.41, 5.74) is 1.73. The molecule has 3 aliphatic rings. The van der Waals surface area contributed by atoms with E-state index in [1.165, 1.54) is 77.0 Å². The van der Waals surface area contributed by atoms with Crippen LogP contribution in [-0.2, 0) is 0 Å². The van der Waals surface area contributed by atoms with Gasteiger partial charge in [0.1, 0.15) is 0 Å². The molecule has 3 aliphatic carbocycles. The minimum absolute atomic E-state index is 0.555. The lowest BCUT2D eigenvalue weighted by Crippen LogP contribution is -2.54. The molecule has 0 saturated heterocycles. The lowest BCUT2D eigenvalue weighted by Gasteiger charge is -2.62. The summed E-state index contributed by atoms with van der Waals surface area (Å²) in [7, 11) is 0. The lowest BCUT2D eigenvalue weighted by molar-refractivity contribution is -0.126. The first-order chi connectivity index (χ1) is 11.7. The maximum atomic E-state index is 2.70. The molecule has 25 heavy (non-hydrogen) atoms. The zero-order valence-electron chi connectivity index (χ0n) is 18.3. The van der Waals surface area contributed by atoms with E-state index in [4.69, 9.17) is 0 Å². The van der Waals surface area contributed by atoms with Crippen LogP contribution in [0.3, 0.4) is 0 Å². The quantitative estimate of drug-likeness (QED) is 0.480. The third-order valence-corrected chi connectivity index (χ3v) is 9.33. The van der Waals surface area contributed by atoms with Crippen LogP contribution in [0, 0.1) is 39.9 Å². The minimum atomic E-state index is 0.555. The van der Waals surface area contributed by atoms with Crippen molar-refractivity contribution in [2.75, 3.05) is 0 Å². The van der Waals surface area contributed by atoms with Gasteiger partial charge in [-0.1, -0.05) is 86.5 Å². The Morgan fingerprint density at radius 1 is 0.720 bits per heavy atom. The molecule has 0 unspecified atom stereocenters. The predicted molar refractivity (Wildman–Crippen MR) is 111 cm³/mol. The van der Waals surface area contributed by atoms with Crippen molar-refractivity contribution in [3.63, 3.8) is 0 Å². The molecule has 0 heterocycles. The number of rotatable bonds is 4. The summed E-state index contributed by atoms with van der Waals surface area (Å²) >= 11 is 0. The van der Waals surface area contributed by atoms with Gasteiger partial charge >= 0.3 is 0 Å². The van der Waals surface area contributed by atoms with E-state index in [0.29, 0.717) is 16.2 Å². The van der Waals surface area contributed by atoms with Gasteiger partial charge < -0.3 is 0 Å². The second kappa shape index (κ2) is 7.20. The second-order valence-electron chi connectivity index (χ2n) is 12.0. The molecule has 146 valence electrons. The van der Waals surface area contributed by atoms with Crippen molar-refractivity contribution in [1.82, 2.24) is 0 Å². The molecule has 0 aromatic carbocycles. The van der Waals surface area contributed by atoms with Crippen molar-refractivity contribution in [3.8, 4) is 0 Å². The lowest BCUT2D eigenvalue weighted by atomic mass is 9.43. The molecule has 0 spiro atoms. The molecule has 0 aromatic rings. The van der Waals surface area contributed by atoms with Crippen molar-refractivity contribution in [2.24, 2.45) is 39.9 Å². The molecule has 3 rings (SSSR count). The first-order valence-electron chi connectivity index (χ1n) is 11.7. The van der Waals surface area contributed by atoms with Crippen LogP contribution in [0.4, 0.5) is 0 Å². The third-order valence-electron chi connectivity index (χ3n) is 9.33. The van der Waals surface area contributed by atoms with Gasteiger partial charge in [-0.3, -0.25) is 0 Å². The average Bonchev–Trinajstić information content (AvgIpc) is 2.50. The fourth-order valence-electron chi connectivity index (χ4n) is 7.84. The maximum absolute atomic E-state index is 2.70. The number of fused-ring (bicyclic) bond motifs is 1.